The third kappa shape index (κ3) is 6.40. The summed E-state index contributed by atoms with van der Waals surface area (Å²) in [6, 6.07) is 3.82. The first-order chi connectivity index (χ1) is 12.1. The van der Waals surface area contributed by atoms with Gasteiger partial charge in [0, 0.05) is 5.75 Å². The number of carbonyl (C=O) groups is 4. The number of carbonyl (C=O) groups excluding carboxylic acids is 2. The number of hydrogen-bond acceptors (Lipinski definition) is 5. The molecule has 0 aliphatic carbocycles. The van der Waals surface area contributed by atoms with Gasteiger partial charge >= 0.3 is 11.9 Å². The molecule has 0 saturated carbocycles. The summed E-state index contributed by atoms with van der Waals surface area (Å²) in [5.41, 5.74) is 0.534. The van der Waals surface area contributed by atoms with Crippen LogP contribution in [0.2, 0.25) is 0 Å². The van der Waals surface area contributed by atoms with E-state index in [-0.39, 0.29) is 23.7 Å². The summed E-state index contributed by atoms with van der Waals surface area (Å²) < 4.78 is 0. The molecule has 0 unspecified atom stereocenters. The molecule has 0 spiro atoms. The molecule has 0 bridgehead atoms. The van der Waals surface area contributed by atoms with Gasteiger partial charge in [0.25, 0.3) is 0 Å². The van der Waals surface area contributed by atoms with Gasteiger partial charge in [0.05, 0.1) is 12.0 Å². The number of amides is 2. The SMILES string of the molecule is CC(C)[C@@H](NC(=O)[C@H](CS)NC(=O)Cc1cccc(C(=O)O)c1)C(=O)O. The van der Waals surface area contributed by atoms with E-state index in [0.717, 1.165) is 0 Å². The van der Waals surface area contributed by atoms with Crippen LogP contribution in [0.1, 0.15) is 29.8 Å². The molecule has 0 aliphatic rings. The van der Waals surface area contributed by atoms with Crippen molar-refractivity contribution in [3.05, 3.63) is 35.4 Å². The van der Waals surface area contributed by atoms with Crippen LogP contribution in [0.15, 0.2) is 24.3 Å². The average molecular weight is 382 g/mol. The number of nitrogens with one attached hydrogen (secondary N) is 2. The lowest BCUT2D eigenvalue weighted by atomic mass is 10.0. The van der Waals surface area contributed by atoms with Crippen LogP contribution in [0.5, 0.6) is 0 Å². The van der Waals surface area contributed by atoms with Gasteiger partial charge in [0.15, 0.2) is 0 Å². The Hall–Kier alpha value is -2.55. The van der Waals surface area contributed by atoms with Gasteiger partial charge in [0.1, 0.15) is 12.1 Å². The van der Waals surface area contributed by atoms with E-state index in [1.165, 1.54) is 18.2 Å². The van der Waals surface area contributed by atoms with E-state index in [4.69, 9.17) is 10.2 Å². The monoisotopic (exact) mass is 382 g/mol. The summed E-state index contributed by atoms with van der Waals surface area (Å²) in [7, 11) is 0. The Morgan fingerprint density at radius 2 is 1.77 bits per heavy atom. The van der Waals surface area contributed by atoms with Crippen molar-refractivity contribution in [1.29, 1.82) is 0 Å². The fraction of sp³-hybridized carbons (Fsp3) is 0.412. The Morgan fingerprint density at radius 1 is 1.12 bits per heavy atom. The zero-order chi connectivity index (χ0) is 19.9. The molecule has 1 aromatic rings. The second kappa shape index (κ2) is 9.81. The van der Waals surface area contributed by atoms with Crippen molar-refractivity contribution in [3.8, 4) is 0 Å². The number of aromatic carboxylic acids is 1. The van der Waals surface area contributed by atoms with Crippen LogP contribution in [-0.4, -0.2) is 51.8 Å². The van der Waals surface area contributed by atoms with Crippen LogP contribution in [0.3, 0.4) is 0 Å². The minimum atomic E-state index is -1.16. The highest BCUT2D eigenvalue weighted by Crippen LogP contribution is 2.07. The lowest BCUT2D eigenvalue weighted by Gasteiger charge is -2.22. The molecule has 142 valence electrons. The molecule has 1 rings (SSSR count). The van der Waals surface area contributed by atoms with Crippen molar-refractivity contribution in [2.45, 2.75) is 32.4 Å². The standard InChI is InChI=1S/C17H22N2O6S/c1-9(2)14(17(24)25)19-15(21)12(8-26)18-13(20)7-10-4-3-5-11(6-10)16(22)23/h3-6,9,12,14,26H,7-8H2,1-2H3,(H,18,20)(H,19,21)(H,22,23)(H,24,25)/t12-,14+/m0/s1. The predicted octanol–water partition coefficient (Wildman–Crippen LogP) is 0.567. The summed E-state index contributed by atoms with van der Waals surface area (Å²) in [5, 5.41) is 22.9. The summed E-state index contributed by atoms with van der Waals surface area (Å²) in [6.45, 7) is 3.31. The molecule has 9 heteroatoms. The van der Waals surface area contributed by atoms with Crippen molar-refractivity contribution in [2.24, 2.45) is 5.92 Å². The summed E-state index contributed by atoms with van der Waals surface area (Å²) in [5.74, 6) is -3.76. The average Bonchev–Trinajstić information content (AvgIpc) is 2.56. The van der Waals surface area contributed by atoms with Gasteiger partial charge < -0.3 is 20.8 Å². The molecule has 1 aromatic carbocycles. The molecule has 26 heavy (non-hydrogen) atoms. The Balaban J connectivity index is 2.73. The fourth-order valence-electron chi connectivity index (χ4n) is 2.21. The van der Waals surface area contributed by atoms with Crippen LogP contribution in [-0.2, 0) is 20.8 Å². The zero-order valence-corrected chi connectivity index (χ0v) is 15.3. The van der Waals surface area contributed by atoms with Crippen LogP contribution in [0.4, 0.5) is 0 Å². The third-order valence-electron chi connectivity index (χ3n) is 3.60. The number of thiol groups is 1. The molecule has 2 atom stereocenters. The van der Waals surface area contributed by atoms with E-state index in [1.807, 2.05) is 0 Å². The topological polar surface area (TPSA) is 133 Å². The highest BCUT2D eigenvalue weighted by molar-refractivity contribution is 7.80. The summed E-state index contributed by atoms with van der Waals surface area (Å²) in [4.78, 5) is 46.5. The molecule has 0 heterocycles. The fourth-order valence-corrected chi connectivity index (χ4v) is 2.46. The first kappa shape index (κ1) is 21.5. The largest absolute Gasteiger partial charge is 0.480 e. The maximum absolute atomic E-state index is 12.2. The van der Waals surface area contributed by atoms with Crippen molar-refractivity contribution < 1.29 is 29.4 Å². The van der Waals surface area contributed by atoms with E-state index < -0.39 is 35.8 Å². The highest BCUT2D eigenvalue weighted by Gasteiger charge is 2.27. The van der Waals surface area contributed by atoms with Gasteiger partial charge in [-0.25, -0.2) is 9.59 Å². The van der Waals surface area contributed by atoms with E-state index in [9.17, 15) is 19.2 Å². The molecular formula is C17H22N2O6S. The number of carboxylic acid groups (broad SMARTS) is 2. The van der Waals surface area contributed by atoms with Crippen LogP contribution >= 0.6 is 12.6 Å². The van der Waals surface area contributed by atoms with Crippen LogP contribution in [0, 0.1) is 5.92 Å². The third-order valence-corrected chi connectivity index (χ3v) is 3.97. The molecule has 8 nitrogen and oxygen atoms in total. The van der Waals surface area contributed by atoms with Crippen molar-refractivity contribution >= 4 is 36.4 Å². The molecule has 0 saturated heterocycles. The van der Waals surface area contributed by atoms with E-state index in [1.54, 1.807) is 19.9 Å². The number of benzene rings is 1. The van der Waals surface area contributed by atoms with Crippen molar-refractivity contribution in [2.75, 3.05) is 5.75 Å². The van der Waals surface area contributed by atoms with Crippen molar-refractivity contribution in [1.82, 2.24) is 10.6 Å². The van der Waals surface area contributed by atoms with Gasteiger partial charge in [-0.2, -0.15) is 12.6 Å². The lowest BCUT2D eigenvalue weighted by Crippen LogP contribution is -2.54. The molecule has 2 amide bonds. The summed E-state index contributed by atoms with van der Waals surface area (Å²) in [6.07, 6.45) is -0.120. The number of rotatable bonds is 9. The minimum Gasteiger partial charge on any atom is -0.480 e. The minimum absolute atomic E-state index is 0.0167. The lowest BCUT2D eigenvalue weighted by molar-refractivity contribution is -0.143. The van der Waals surface area contributed by atoms with E-state index in [2.05, 4.69) is 23.3 Å². The first-order valence-electron chi connectivity index (χ1n) is 7.91. The molecule has 0 fully saturated rings. The molecule has 4 N–H and O–H groups in total. The Labute approximate surface area is 156 Å². The molecule has 0 aliphatic heterocycles. The van der Waals surface area contributed by atoms with Gasteiger partial charge in [0.2, 0.25) is 11.8 Å². The van der Waals surface area contributed by atoms with Gasteiger partial charge in [-0.3, -0.25) is 9.59 Å². The molecular weight excluding hydrogens is 360 g/mol. The summed E-state index contributed by atoms with van der Waals surface area (Å²) >= 11 is 4.02. The first-order valence-corrected chi connectivity index (χ1v) is 8.54. The number of carboxylic acids is 2. The maximum atomic E-state index is 12.2. The highest BCUT2D eigenvalue weighted by atomic mass is 32.1. The predicted molar refractivity (Wildman–Crippen MR) is 97.3 cm³/mol. The van der Waals surface area contributed by atoms with Crippen LogP contribution in [0.25, 0.3) is 0 Å². The number of hydrogen-bond donors (Lipinski definition) is 5. The quantitative estimate of drug-likeness (QED) is 0.397. The molecule has 0 radical (unpaired) electrons. The maximum Gasteiger partial charge on any atom is 0.335 e. The van der Waals surface area contributed by atoms with Gasteiger partial charge in [-0.05, 0) is 23.6 Å². The smallest absolute Gasteiger partial charge is 0.335 e. The second-order valence-corrected chi connectivity index (χ2v) is 6.42. The molecule has 0 aromatic heterocycles. The second-order valence-electron chi connectivity index (χ2n) is 6.05. The van der Waals surface area contributed by atoms with E-state index >= 15 is 0 Å². The van der Waals surface area contributed by atoms with Crippen molar-refractivity contribution in [3.63, 3.8) is 0 Å². The van der Waals surface area contributed by atoms with E-state index in [0.29, 0.717) is 5.56 Å². The van der Waals surface area contributed by atoms with Gasteiger partial charge in [-0.15, -0.1) is 0 Å². The zero-order valence-electron chi connectivity index (χ0n) is 14.4. The normalized spacial score (nSPS) is 12.9. The Bertz CT molecular complexity index is 692. The number of aliphatic carboxylic acids is 1. The van der Waals surface area contributed by atoms with Crippen LogP contribution < -0.4 is 10.6 Å². The Morgan fingerprint density at radius 3 is 2.27 bits per heavy atom. The van der Waals surface area contributed by atoms with Gasteiger partial charge in [-0.1, -0.05) is 26.0 Å². The Kier molecular flexibility index (Phi) is 8.11.